The number of aryl methyl sites for hydroxylation is 1. The van der Waals surface area contributed by atoms with Crippen LogP contribution in [0.15, 0.2) is 30.6 Å². The number of carbonyl (C=O) groups excluding carboxylic acids is 1. The lowest BCUT2D eigenvalue weighted by atomic mass is 10.1. The number of hydrogen-bond acceptors (Lipinski definition) is 6. The second-order valence-corrected chi connectivity index (χ2v) is 7.26. The molecule has 0 aliphatic rings. The van der Waals surface area contributed by atoms with Crippen molar-refractivity contribution in [3.05, 3.63) is 52.4 Å². The van der Waals surface area contributed by atoms with Crippen LogP contribution in [0.3, 0.4) is 0 Å². The van der Waals surface area contributed by atoms with Crippen molar-refractivity contribution in [1.82, 2.24) is 35.5 Å². The van der Waals surface area contributed by atoms with Gasteiger partial charge in [-0.3, -0.25) is 4.79 Å². The first kappa shape index (κ1) is 16.4. The van der Waals surface area contributed by atoms with Crippen LogP contribution in [0.1, 0.15) is 39.6 Å². The third kappa shape index (κ3) is 2.76. The molecule has 2 N–H and O–H groups in total. The number of fused-ring (bicyclic) bond motifs is 1. The summed E-state index contributed by atoms with van der Waals surface area (Å²) in [6.07, 6.45) is 1.49. The number of imidazole rings is 1. The van der Waals surface area contributed by atoms with Gasteiger partial charge in [-0.2, -0.15) is 4.68 Å². The van der Waals surface area contributed by atoms with Crippen LogP contribution in [-0.2, 0) is 0 Å². The number of hydrogen-bond donors (Lipinski definition) is 2. The Kier molecular flexibility index (Phi) is 4.00. The fraction of sp³-hybridized carbons (Fsp3) is 0.235. The summed E-state index contributed by atoms with van der Waals surface area (Å²) in [5.74, 6) is 0.540. The number of amides is 1. The van der Waals surface area contributed by atoms with Crippen LogP contribution in [0.2, 0.25) is 0 Å². The van der Waals surface area contributed by atoms with Gasteiger partial charge < -0.3 is 10.3 Å². The standard InChI is InChI=1S/C17H17N7OS/c1-9-11(3)26-17(24-8-18-22-23-24)14(9)16(25)19-10(2)15-20-12-6-4-5-7-13(12)21-15/h4-8,10H,1-3H3,(H,19,25)(H,20,21). The first-order valence-electron chi connectivity index (χ1n) is 8.13. The van der Waals surface area contributed by atoms with Crippen molar-refractivity contribution in [2.45, 2.75) is 26.8 Å². The molecule has 0 bridgehead atoms. The number of carbonyl (C=O) groups is 1. The number of para-hydroxylation sites is 2. The maximum atomic E-state index is 13.0. The number of nitrogens with one attached hydrogen (secondary N) is 2. The van der Waals surface area contributed by atoms with E-state index in [-0.39, 0.29) is 11.9 Å². The SMILES string of the molecule is Cc1sc(-n2cnnn2)c(C(=O)NC(C)c2nc3ccccc3[nH]2)c1C. The maximum absolute atomic E-state index is 13.0. The number of benzene rings is 1. The van der Waals surface area contributed by atoms with Crippen LogP contribution in [-0.4, -0.2) is 36.1 Å². The molecule has 4 rings (SSSR count). The summed E-state index contributed by atoms with van der Waals surface area (Å²) in [4.78, 5) is 21.8. The van der Waals surface area contributed by atoms with Gasteiger partial charge in [-0.05, 0) is 48.9 Å². The molecular formula is C17H17N7OS. The van der Waals surface area contributed by atoms with Crippen LogP contribution in [0.4, 0.5) is 0 Å². The second kappa shape index (κ2) is 6.34. The van der Waals surface area contributed by atoms with E-state index in [1.54, 1.807) is 0 Å². The molecule has 0 saturated carbocycles. The minimum Gasteiger partial charge on any atom is -0.342 e. The Hall–Kier alpha value is -3.07. The average Bonchev–Trinajstić information content (AvgIpc) is 3.34. The molecule has 0 spiro atoms. The molecule has 1 aromatic carbocycles. The molecule has 4 aromatic rings. The van der Waals surface area contributed by atoms with E-state index in [2.05, 4.69) is 30.8 Å². The lowest BCUT2D eigenvalue weighted by molar-refractivity contribution is 0.0938. The summed E-state index contributed by atoms with van der Waals surface area (Å²) in [6.45, 7) is 5.81. The highest BCUT2D eigenvalue weighted by atomic mass is 32.1. The molecule has 1 unspecified atom stereocenters. The number of rotatable bonds is 4. The number of thiophene rings is 1. The van der Waals surface area contributed by atoms with Crippen LogP contribution in [0, 0.1) is 13.8 Å². The minimum atomic E-state index is -0.267. The van der Waals surface area contributed by atoms with Crippen molar-refractivity contribution < 1.29 is 4.79 Å². The predicted molar refractivity (Wildman–Crippen MR) is 98.5 cm³/mol. The van der Waals surface area contributed by atoms with E-state index >= 15 is 0 Å². The third-order valence-corrected chi connectivity index (χ3v) is 5.51. The maximum Gasteiger partial charge on any atom is 0.255 e. The number of tetrazole rings is 1. The fourth-order valence-corrected chi connectivity index (χ4v) is 3.88. The van der Waals surface area contributed by atoms with E-state index < -0.39 is 0 Å². The summed E-state index contributed by atoms with van der Waals surface area (Å²) in [7, 11) is 0. The van der Waals surface area contributed by atoms with Crippen molar-refractivity contribution >= 4 is 28.3 Å². The zero-order chi connectivity index (χ0) is 18.3. The van der Waals surface area contributed by atoms with Crippen LogP contribution >= 0.6 is 11.3 Å². The van der Waals surface area contributed by atoms with Crippen molar-refractivity contribution in [3.63, 3.8) is 0 Å². The van der Waals surface area contributed by atoms with Gasteiger partial charge in [0.05, 0.1) is 22.6 Å². The number of nitrogens with zero attached hydrogens (tertiary/aromatic N) is 5. The largest absolute Gasteiger partial charge is 0.342 e. The fourth-order valence-electron chi connectivity index (χ4n) is 2.81. The molecule has 0 radical (unpaired) electrons. The highest BCUT2D eigenvalue weighted by Crippen LogP contribution is 2.30. The normalized spacial score (nSPS) is 12.4. The van der Waals surface area contributed by atoms with E-state index in [4.69, 9.17) is 0 Å². The lowest BCUT2D eigenvalue weighted by Gasteiger charge is -2.12. The van der Waals surface area contributed by atoms with E-state index in [0.29, 0.717) is 16.4 Å². The van der Waals surface area contributed by atoms with E-state index in [1.165, 1.54) is 22.3 Å². The topological polar surface area (TPSA) is 101 Å². The van der Waals surface area contributed by atoms with Crippen molar-refractivity contribution in [3.8, 4) is 5.00 Å². The van der Waals surface area contributed by atoms with Crippen LogP contribution < -0.4 is 5.32 Å². The van der Waals surface area contributed by atoms with Gasteiger partial charge in [-0.15, -0.1) is 16.4 Å². The zero-order valence-electron chi connectivity index (χ0n) is 14.5. The number of H-pyrrole nitrogens is 1. The van der Waals surface area contributed by atoms with Crippen molar-refractivity contribution in [2.75, 3.05) is 0 Å². The molecule has 8 nitrogen and oxygen atoms in total. The van der Waals surface area contributed by atoms with Crippen molar-refractivity contribution in [1.29, 1.82) is 0 Å². The van der Waals surface area contributed by atoms with Crippen LogP contribution in [0.5, 0.6) is 0 Å². The summed E-state index contributed by atoms with van der Waals surface area (Å²) in [5.41, 5.74) is 3.33. The molecule has 3 heterocycles. The molecule has 0 aliphatic heterocycles. The quantitative estimate of drug-likeness (QED) is 0.577. The molecule has 0 fully saturated rings. The van der Waals surface area contributed by atoms with E-state index in [0.717, 1.165) is 21.5 Å². The summed E-state index contributed by atoms with van der Waals surface area (Å²) >= 11 is 1.49. The molecule has 132 valence electrons. The Morgan fingerprint density at radius 1 is 1.31 bits per heavy atom. The molecule has 3 aromatic heterocycles. The Balaban J connectivity index is 1.64. The average molecular weight is 367 g/mol. The van der Waals surface area contributed by atoms with Crippen LogP contribution in [0.25, 0.3) is 16.0 Å². The van der Waals surface area contributed by atoms with Crippen molar-refractivity contribution in [2.24, 2.45) is 0 Å². The summed E-state index contributed by atoms with van der Waals surface area (Å²) < 4.78 is 1.52. The second-order valence-electron chi connectivity index (χ2n) is 6.05. The predicted octanol–water partition coefficient (Wildman–Crippen LogP) is 2.71. The molecule has 26 heavy (non-hydrogen) atoms. The third-order valence-electron chi connectivity index (χ3n) is 4.32. The first-order valence-corrected chi connectivity index (χ1v) is 8.95. The molecular weight excluding hydrogens is 350 g/mol. The number of aromatic amines is 1. The highest BCUT2D eigenvalue weighted by Gasteiger charge is 2.23. The monoisotopic (exact) mass is 367 g/mol. The van der Waals surface area contributed by atoms with Gasteiger partial charge in [0.25, 0.3) is 5.91 Å². The molecule has 9 heteroatoms. The lowest BCUT2D eigenvalue weighted by Crippen LogP contribution is -2.28. The van der Waals surface area contributed by atoms with Gasteiger partial charge in [0.2, 0.25) is 0 Å². The molecule has 1 amide bonds. The summed E-state index contributed by atoms with van der Waals surface area (Å²) in [5, 5.41) is 15.0. The Labute approximate surface area is 153 Å². The van der Waals surface area contributed by atoms with Gasteiger partial charge in [-0.25, -0.2) is 4.98 Å². The minimum absolute atomic E-state index is 0.176. The zero-order valence-corrected chi connectivity index (χ0v) is 15.3. The molecule has 0 saturated heterocycles. The van der Waals surface area contributed by atoms with E-state index in [1.807, 2.05) is 45.0 Å². The smallest absolute Gasteiger partial charge is 0.255 e. The highest BCUT2D eigenvalue weighted by molar-refractivity contribution is 7.15. The van der Waals surface area contributed by atoms with Gasteiger partial charge in [0.1, 0.15) is 17.2 Å². The van der Waals surface area contributed by atoms with Gasteiger partial charge in [0, 0.05) is 4.88 Å². The van der Waals surface area contributed by atoms with E-state index in [9.17, 15) is 4.79 Å². The Morgan fingerprint density at radius 2 is 2.12 bits per heavy atom. The summed E-state index contributed by atoms with van der Waals surface area (Å²) in [6, 6.07) is 7.51. The van der Waals surface area contributed by atoms with Gasteiger partial charge in [0.15, 0.2) is 0 Å². The Morgan fingerprint density at radius 3 is 2.85 bits per heavy atom. The van der Waals surface area contributed by atoms with Gasteiger partial charge in [-0.1, -0.05) is 12.1 Å². The number of aromatic nitrogens is 6. The molecule has 0 aliphatic carbocycles. The van der Waals surface area contributed by atoms with Gasteiger partial charge >= 0.3 is 0 Å². The first-order chi connectivity index (χ1) is 12.5. The molecule has 1 atom stereocenters. The Bertz CT molecular complexity index is 1050.